The lowest BCUT2D eigenvalue weighted by atomic mass is 10.2. The summed E-state index contributed by atoms with van der Waals surface area (Å²) in [5.74, 6) is -0.347. The molecule has 0 radical (unpaired) electrons. The van der Waals surface area contributed by atoms with E-state index >= 15 is 0 Å². The van der Waals surface area contributed by atoms with E-state index in [-0.39, 0.29) is 11.3 Å². The van der Waals surface area contributed by atoms with Crippen LogP contribution in [0.25, 0.3) is 0 Å². The van der Waals surface area contributed by atoms with E-state index < -0.39 is 15.6 Å². The summed E-state index contributed by atoms with van der Waals surface area (Å²) >= 11 is 3.09. The van der Waals surface area contributed by atoms with Crippen molar-refractivity contribution in [3.05, 3.63) is 28.2 Å². The Kier molecular flexibility index (Phi) is 3.53. The molecule has 1 aromatic rings. The molecule has 0 aromatic heterocycles. The molecule has 0 spiro atoms. The summed E-state index contributed by atoms with van der Waals surface area (Å²) in [4.78, 5) is 0. The summed E-state index contributed by atoms with van der Waals surface area (Å²) in [5.41, 5.74) is -5.14. The molecule has 1 aromatic carbocycles. The highest BCUT2D eigenvalue weighted by molar-refractivity contribution is 9.10. The molecule has 0 unspecified atom stereocenters. The Balaban J connectivity index is 3.07. The zero-order chi connectivity index (χ0) is 12.6. The van der Waals surface area contributed by atoms with Gasteiger partial charge in [-0.05, 0) is 30.7 Å². The molecular weight excluding hydrogens is 313 g/mol. The standard InChI is InChI=1S/C8H6BrF3O3S/c1-5-4-6(9)2-3-7(5)15-16(13,14)8(10,11)12/h2-4H,1H3. The van der Waals surface area contributed by atoms with Crippen molar-refractivity contribution in [2.45, 2.75) is 12.4 Å². The third-order valence-electron chi connectivity index (χ3n) is 1.62. The fourth-order valence-corrected chi connectivity index (χ4v) is 1.87. The number of hydrogen-bond donors (Lipinski definition) is 0. The van der Waals surface area contributed by atoms with E-state index in [1.807, 2.05) is 0 Å². The second-order valence-electron chi connectivity index (χ2n) is 2.89. The first-order chi connectivity index (χ1) is 7.13. The second-order valence-corrected chi connectivity index (χ2v) is 5.35. The molecule has 16 heavy (non-hydrogen) atoms. The van der Waals surface area contributed by atoms with E-state index in [1.165, 1.54) is 19.1 Å². The summed E-state index contributed by atoms with van der Waals surface area (Å²) in [7, 11) is -5.60. The van der Waals surface area contributed by atoms with Crippen molar-refractivity contribution in [3.8, 4) is 5.75 Å². The lowest BCUT2D eigenvalue weighted by Gasteiger charge is -2.11. The lowest BCUT2D eigenvalue weighted by molar-refractivity contribution is -0.0500. The molecule has 0 amide bonds. The zero-order valence-electron chi connectivity index (χ0n) is 7.88. The summed E-state index contributed by atoms with van der Waals surface area (Å²) in [6.07, 6.45) is 0. The van der Waals surface area contributed by atoms with Crippen molar-refractivity contribution in [3.63, 3.8) is 0 Å². The SMILES string of the molecule is Cc1cc(Br)ccc1OS(=O)(=O)C(F)(F)F. The molecule has 0 aliphatic heterocycles. The minimum absolute atomic E-state index is 0.280. The van der Waals surface area contributed by atoms with Crippen LogP contribution in [0.4, 0.5) is 13.2 Å². The molecule has 0 saturated heterocycles. The highest BCUT2D eigenvalue weighted by Gasteiger charge is 2.48. The van der Waals surface area contributed by atoms with Gasteiger partial charge in [-0.2, -0.15) is 21.6 Å². The number of halogens is 4. The number of hydrogen-bond acceptors (Lipinski definition) is 3. The fourth-order valence-electron chi connectivity index (χ4n) is 0.872. The Morgan fingerprint density at radius 3 is 2.31 bits per heavy atom. The van der Waals surface area contributed by atoms with Crippen molar-refractivity contribution < 1.29 is 25.8 Å². The van der Waals surface area contributed by atoms with Gasteiger partial charge in [0.2, 0.25) is 0 Å². The van der Waals surface area contributed by atoms with Crippen LogP contribution in [-0.2, 0) is 10.1 Å². The summed E-state index contributed by atoms with van der Waals surface area (Å²) in [6, 6.07) is 3.97. The molecule has 0 saturated carbocycles. The maximum Gasteiger partial charge on any atom is 0.534 e. The van der Waals surface area contributed by atoms with Gasteiger partial charge in [-0.15, -0.1) is 0 Å². The van der Waals surface area contributed by atoms with Crippen LogP contribution in [0.15, 0.2) is 22.7 Å². The van der Waals surface area contributed by atoms with Crippen molar-refractivity contribution >= 4 is 26.0 Å². The van der Waals surface area contributed by atoms with Crippen LogP contribution in [0.5, 0.6) is 5.75 Å². The monoisotopic (exact) mass is 318 g/mol. The molecule has 8 heteroatoms. The molecule has 1 rings (SSSR count). The van der Waals surface area contributed by atoms with E-state index in [4.69, 9.17) is 0 Å². The predicted octanol–water partition coefficient (Wildman–Crippen LogP) is 2.99. The van der Waals surface area contributed by atoms with E-state index in [0.717, 1.165) is 6.07 Å². The van der Waals surface area contributed by atoms with Gasteiger partial charge in [0, 0.05) is 4.47 Å². The first-order valence-corrected chi connectivity index (χ1v) is 6.10. The molecule has 0 bridgehead atoms. The maximum atomic E-state index is 12.0. The number of alkyl halides is 3. The zero-order valence-corrected chi connectivity index (χ0v) is 10.3. The molecule has 0 atom stereocenters. The van der Waals surface area contributed by atoms with Gasteiger partial charge in [0.05, 0.1) is 0 Å². The molecule has 0 N–H and O–H groups in total. The Hall–Kier alpha value is -0.760. The Bertz CT molecular complexity index is 496. The van der Waals surface area contributed by atoms with Gasteiger partial charge >= 0.3 is 15.6 Å². The Morgan fingerprint density at radius 1 is 1.31 bits per heavy atom. The summed E-state index contributed by atoms with van der Waals surface area (Å²) in [6.45, 7) is 1.44. The van der Waals surface area contributed by atoms with Crippen LogP contribution in [0.1, 0.15) is 5.56 Å². The van der Waals surface area contributed by atoms with Gasteiger partial charge < -0.3 is 4.18 Å². The van der Waals surface area contributed by atoms with Crippen LogP contribution in [0.2, 0.25) is 0 Å². The van der Waals surface area contributed by atoms with Gasteiger partial charge in [-0.3, -0.25) is 0 Å². The number of aryl methyl sites for hydroxylation is 1. The van der Waals surface area contributed by atoms with Gasteiger partial charge in [-0.1, -0.05) is 15.9 Å². The third kappa shape index (κ3) is 2.88. The van der Waals surface area contributed by atoms with Gasteiger partial charge in [0.15, 0.2) is 0 Å². The van der Waals surface area contributed by atoms with Gasteiger partial charge in [0.1, 0.15) is 5.75 Å². The van der Waals surface area contributed by atoms with Crippen LogP contribution in [0, 0.1) is 6.92 Å². The first-order valence-electron chi connectivity index (χ1n) is 3.90. The minimum atomic E-state index is -5.60. The van der Waals surface area contributed by atoms with E-state index in [9.17, 15) is 21.6 Å². The minimum Gasteiger partial charge on any atom is -0.376 e. The first kappa shape index (κ1) is 13.3. The number of rotatable bonds is 2. The molecular formula is C8H6BrF3O3S. The Morgan fingerprint density at radius 2 is 1.88 bits per heavy atom. The molecule has 0 aliphatic rings. The largest absolute Gasteiger partial charge is 0.534 e. The quantitative estimate of drug-likeness (QED) is 0.622. The Labute approximate surface area is 98.5 Å². The van der Waals surface area contributed by atoms with E-state index in [2.05, 4.69) is 20.1 Å². The molecule has 3 nitrogen and oxygen atoms in total. The average Bonchev–Trinajstić information content (AvgIpc) is 2.08. The smallest absolute Gasteiger partial charge is 0.376 e. The summed E-state index contributed by atoms with van der Waals surface area (Å²) in [5, 5.41) is 0. The van der Waals surface area contributed by atoms with Gasteiger partial charge in [0.25, 0.3) is 0 Å². The van der Waals surface area contributed by atoms with Crippen LogP contribution >= 0.6 is 15.9 Å². The van der Waals surface area contributed by atoms with Gasteiger partial charge in [-0.25, -0.2) is 0 Å². The van der Waals surface area contributed by atoms with Crippen molar-refractivity contribution in [2.24, 2.45) is 0 Å². The normalized spacial score (nSPS) is 12.6. The molecule has 0 fully saturated rings. The van der Waals surface area contributed by atoms with E-state index in [1.54, 1.807) is 0 Å². The van der Waals surface area contributed by atoms with Crippen LogP contribution in [-0.4, -0.2) is 13.9 Å². The van der Waals surface area contributed by atoms with E-state index in [0.29, 0.717) is 4.47 Å². The third-order valence-corrected chi connectivity index (χ3v) is 3.08. The molecule has 0 heterocycles. The fraction of sp³-hybridized carbons (Fsp3) is 0.250. The highest BCUT2D eigenvalue weighted by Crippen LogP contribution is 2.29. The maximum absolute atomic E-state index is 12.0. The highest BCUT2D eigenvalue weighted by atomic mass is 79.9. The molecule has 0 aliphatic carbocycles. The summed E-state index contributed by atoms with van der Waals surface area (Å²) < 4.78 is 62.0. The van der Waals surface area contributed by atoms with Crippen molar-refractivity contribution in [2.75, 3.05) is 0 Å². The van der Waals surface area contributed by atoms with Crippen LogP contribution in [0.3, 0.4) is 0 Å². The predicted molar refractivity (Wildman–Crippen MR) is 54.5 cm³/mol. The average molecular weight is 319 g/mol. The second kappa shape index (κ2) is 4.25. The van der Waals surface area contributed by atoms with Crippen LogP contribution < -0.4 is 4.18 Å². The molecule has 90 valence electrons. The lowest BCUT2D eigenvalue weighted by Crippen LogP contribution is -2.28. The number of benzene rings is 1. The topological polar surface area (TPSA) is 43.4 Å². The van der Waals surface area contributed by atoms with Crippen molar-refractivity contribution in [1.29, 1.82) is 0 Å². The van der Waals surface area contributed by atoms with Crippen molar-refractivity contribution in [1.82, 2.24) is 0 Å².